The Kier molecular flexibility index (Phi) is 4.96. The van der Waals surface area contributed by atoms with Crippen LogP contribution in [0, 0.1) is 6.92 Å². The molecule has 0 aliphatic carbocycles. The van der Waals surface area contributed by atoms with Gasteiger partial charge in [0.2, 0.25) is 10.0 Å². The lowest BCUT2D eigenvalue weighted by molar-refractivity contribution is 0.590. The van der Waals surface area contributed by atoms with Gasteiger partial charge in [0.25, 0.3) is 0 Å². The maximum Gasteiger partial charge on any atom is 0.234 e. The highest BCUT2D eigenvalue weighted by Gasteiger charge is 2.20. The summed E-state index contributed by atoms with van der Waals surface area (Å²) in [5, 5.41) is 0. The lowest BCUT2D eigenvalue weighted by Gasteiger charge is -2.25. The van der Waals surface area contributed by atoms with Crippen LogP contribution in [0.1, 0.15) is 18.9 Å². The Morgan fingerprint density at radius 3 is 2.47 bits per heavy atom. The Morgan fingerprint density at radius 1 is 1.29 bits per heavy atom. The first-order valence-corrected chi connectivity index (χ1v) is 7.40. The number of anilines is 1. The van der Waals surface area contributed by atoms with E-state index in [9.17, 15) is 8.42 Å². The maximum atomic E-state index is 12.0. The third-order valence-electron chi connectivity index (χ3n) is 2.65. The highest BCUT2D eigenvalue weighted by atomic mass is 32.2. The molecule has 2 N–H and O–H groups in total. The molecule has 0 aliphatic heterocycles. The van der Waals surface area contributed by atoms with Crippen molar-refractivity contribution in [2.75, 3.05) is 23.1 Å². The number of para-hydroxylation sites is 1. The molecule has 0 atom stereocenters. The van der Waals surface area contributed by atoms with Crippen molar-refractivity contribution in [2.45, 2.75) is 20.3 Å². The van der Waals surface area contributed by atoms with E-state index in [0.717, 1.165) is 11.3 Å². The van der Waals surface area contributed by atoms with Crippen LogP contribution in [0.5, 0.6) is 0 Å². The van der Waals surface area contributed by atoms with E-state index in [1.807, 2.05) is 31.2 Å². The van der Waals surface area contributed by atoms with Crippen molar-refractivity contribution in [3.05, 3.63) is 29.8 Å². The molecule has 1 rings (SSSR count). The molecule has 5 heteroatoms. The number of nitrogens with two attached hydrogens (primary N) is 1. The molecule has 4 nitrogen and oxygen atoms in total. The van der Waals surface area contributed by atoms with Crippen LogP contribution in [0.2, 0.25) is 0 Å². The van der Waals surface area contributed by atoms with Gasteiger partial charge in [0.05, 0.1) is 11.4 Å². The van der Waals surface area contributed by atoms with E-state index in [0.29, 0.717) is 19.5 Å². The standard InChI is InChI=1S/C12H20N2O2S/c1-3-17(15,16)14(10-6-9-13)12-8-5-4-7-11(12)2/h4-5,7-8H,3,6,9-10,13H2,1-2H3. The molecule has 1 aromatic carbocycles. The molecular weight excluding hydrogens is 236 g/mol. The fourth-order valence-corrected chi connectivity index (χ4v) is 2.87. The zero-order chi connectivity index (χ0) is 12.9. The fraction of sp³-hybridized carbons (Fsp3) is 0.500. The van der Waals surface area contributed by atoms with Crippen LogP contribution in [-0.4, -0.2) is 27.3 Å². The zero-order valence-electron chi connectivity index (χ0n) is 10.4. The summed E-state index contributed by atoms with van der Waals surface area (Å²) in [6.07, 6.45) is 0.660. The summed E-state index contributed by atoms with van der Waals surface area (Å²) < 4.78 is 25.6. The SMILES string of the molecule is CCS(=O)(=O)N(CCCN)c1ccccc1C. The number of aryl methyl sites for hydroxylation is 1. The van der Waals surface area contributed by atoms with Gasteiger partial charge in [-0.15, -0.1) is 0 Å². The van der Waals surface area contributed by atoms with Crippen molar-refractivity contribution in [1.29, 1.82) is 0 Å². The van der Waals surface area contributed by atoms with Crippen LogP contribution in [0.15, 0.2) is 24.3 Å². The second-order valence-corrected chi connectivity index (χ2v) is 6.08. The van der Waals surface area contributed by atoms with Gasteiger partial charge in [-0.3, -0.25) is 4.31 Å². The van der Waals surface area contributed by atoms with E-state index in [1.165, 1.54) is 4.31 Å². The van der Waals surface area contributed by atoms with Crippen LogP contribution < -0.4 is 10.0 Å². The molecule has 96 valence electrons. The smallest absolute Gasteiger partial charge is 0.234 e. The van der Waals surface area contributed by atoms with E-state index in [-0.39, 0.29) is 5.75 Å². The summed E-state index contributed by atoms with van der Waals surface area (Å²) in [6.45, 7) is 4.50. The van der Waals surface area contributed by atoms with Crippen LogP contribution in [-0.2, 0) is 10.0 Å². The second-order valence-electron chi connectivity index (χ2n) is 3.90. The number of hydrogen-bond donors (Lipinski definition) is 1. The van der Waals surface area contributed by atoms with Gasteiger partial charge in [0.15, 0.2) is 0 Å². The van der Waals surface area contributed by atoms with E-state index < -0.39 is 10.0 Å². The van der Waals surface area contributed by atoms with Crippen molar-refractivity contribution in [2.24, 2.45) is 5.73 Å². The molecular formula is C12H20N2O2S. The molecule has 0 aliphatic rings. The number of nitrogens with zero attached hydrogens (tertiary/aromatic N) is 1. The van der Waals surface area contributed by atoms with Gasteiger partial charge in [-0.1, -0.05) is 18.2 Å². The summed E-state index contributed by atoms with van der Waals surface area (Å²) in [4.78, 5) is 0. The van der Waals surface area contributed by atoms with Crippen molar-refractivity contribution in [3.8, 4) is 0 Å². The Bertz CT molecular complexity index is 457. The molecule has 0 amide bonds. The van der Waals surface area contributed by atoms with Gasteiger partial charge in [-0.05, 0) is 38.4 Å². The van der Waals surface area contributed by atoms with Gasteiger partial charge >= 0.3 is 0 Å². The highest BCUT2D eigenvalue weighted by Crippen LogP contribution is 2.22. The van der Waals surface area contributed by atoms with E-state index in [1.54, 1.807) is 6.92 Å². The maximum absolute atomic E-state index is 12.0. The second kappa shape index (κ2) is 6.02. The predicted octanol–water partition coefficient (Wildman–Crippen LogP) is 1.50. The normalized spacial score (nSPS) is 11.5. The summed E-state index contributed by atoms with van der Waals surface area (Å²) in [7, 11) is -3.23. The molecule has 0 radical (unpaired) electrons. The number of hydrogen-bond acceptors (Lipinski definition) is 3. The monoisotopic (exact) mass is 256 g/mol. The average Bonchev–Trinajstić information content (AvgIpc) is 2.31. The summed E-state index contributed by atoms with van der Waals surface area (Å²) in [5.74, 6) is 0.103. The Morgan fingerprint density at radius 2 is 1.94 bits per heavy atom. The molecule has 0 saturated carbocycles. The highest BCUT2D eigenvalue weighted by molar-refractivity contribution is 7.92. The molecule has 0 fully saturated rings. The quantitative estimate of drug-likeness (QED) is 0.839. The third-order valence-corrected chi connectivity index (χ3v) is 4.43. The van der Waals surface area contributed by atoms with Gasteiger partial charge in [0, 0.05) is 6.54 Å². The van der Waals surface area contributed by atoms with Crippen molar-refractivity contribution >= 4 is 15.7 Å². The summed E-state index contributed by atoms with van der Waals surface area (Å²) >= 11 is 0. The minimum Gasteiger partial charge on any atom is -0.330 e. The Labute approximate surface area is 103 Å². The molecule has 0 bridgehead atoms. The first-order chi connectivity index (χ1) is 8.03. The Hall–Kier alpha value is -1.07. The number of rotatable bonds is 6. The first-order valence-electron chi connectivity index (χ1n) is 5.79. The number of benzene rings is 1. The van der Waals surface area contributed by atoms with Crippen molar-refractivity contribution < 1.29 is 8.42 Å². The average molecular weight is 256 g/mol. The molecule has 0 aromatic heterocycles. The molecule has 17 heavy (non-hydrogen) atoms. The van der Waals surface area contributed by atoms with Gasteiger partial charge in [-0.25, -0.2) is 8.42 Å². The molecule has 0 spiro atoms. The van der Waals surface area contributed by atoms with Crippen LogP contribution in [0.3, 0.4) is 0 Å². The van der Waals surface area contributed by atoms with Crippen molar-refractivity contribution in [1.82, 2.24) is 0 Å². The van der Waals surface area contributed by atoms with Crippen LogP contribution in [0.25, 0.3) is 0 Å². The number of sulfonamides is 1. The predicted molar refractivity (Wildman–Crippen MR) is 71.7 cm³/mol. The molecule has 0 heterocycles. The van der Waals surface area contributed by atoms with E-state index in [4.69, 9.17) is 5.73 Å². The topological polar surface area (TPSA) is 63.4 Å². The lowest BCUT2D eigenvalue weighted by Crippen LogP contribution is -2.34. The third kappa shape index (κ3) is 3.44. The summed E-state index contributed by atoms with van der Waals surface area (Å²) in [5.41, 5.74) is 7.17. The van der Waals surface area contributed by atoms with E-state index in [2.05, 4.69) is 0 Å². The Balaban J connectivity index is 3.11. The minimum absolute atomic E-state index is 0.103. The largest absolute Gasteiger partial charge is 0.330 e. The zero-order valence-corrected chi connectivity index (χ0v) is 11.2. The summed E-state index contributed by atoms with van der Waals surface area (Å²) in [6, 6.07) is 7.50. The molecule has 0 saturated heterocycles. The van der Waals surface area contributed by atoms with E-state index >= 15 is 0 Å². The van der Waals surface area contributed by atoms with Crippen molar-refractivity contribution in [3.63, 3.8) is 0 Å². The lowest BCUT2D eigenvalue weighted by atomic mass is 10.2. The first kappa shape index (κ1) is 14.0. The van der Waals surface area contributed by atoms with Crippen LogP contribution in [0.4, 0.5) is 5.69 Å². The fourth-order valence-electron chi connectivity index (χ4n) is 1.64. The van der Waals surface area contributed by atoms with Gasteiger partial charge < -0.3 is 5.73 Å². The van der Waals surface area contributed by atoms with Crippen LogP contribution >= 0.6 is 0 Å². The molecule has 0 unspecified atom stereocenters. The van der Waals surface area contributed by atoms with Gasteiger partial charge in [0.1, 0.15) is 0 Å². The van der Waals surface area contributed by atoms with Gasteiger partial charge in [-0.2, -0.15) is 0 Å². The minimum atomic E-state index is -3.23. The molecule has 1 aromatic rings.